The third-order valence-electron chi connectivity index (χ3n) is 4.27. The van der Waals surface area contributed by atoms with Crippen LogP contribution in [0.4, 0.5) is 0 Å². The first kappa shape index (κ1) is 20.8. The Bertz CT molecular complexity index is 897. The second-order valence-corrected chi connectivity index (χ2v) is 7.46. The predicted octanol–water partition coefficient (Wildman–Crippen LogP) is 6.66. The van der Waals surface area contributed by atoms with E-state index in [2.05, 4.69) is 44.0 Å². The van der Waals surface area contributed by atoms with Crippen molar-refractivity contribution in [3.05, 3.63) is 105 Å². The van der Waals surface area contributed by atoms with Crippen molar-refractivity contribution < 1.29 is 4.79 Å². The van der Waals surface area contributed by atoms with Crippen LogP contribution in [0.3, 0.4) is 0 Å². The number of carbonyl (C=O) groups excluding carboxylic acids is 1. The molecule has 0 saturated heterocycles. The molecule has 3 rings (SSSR count). The van der Waals surface area contributed by atoms with Crippen LogP contribution in [0, 0.1) is 6.92 Å². The number of rotatable bonds is 4. The monoisotopic (exact) mass is 374 g/mol. The molecule has 2 aliphatic rings. The Morgan fingerprint density at radius 2 is 1.74 bits per heavy atom. The Balaban J connectivity index is 0.000000313. The molecule has 0 N–H and O–H groups in total. The number of hydrogen-bond donors (Lipinski definition) is 0. The fourth-order valence-corrected chi connectivity index (χ4v) is 4.01. The largest absolute Gasteiger partial charge is 0.289 e. The van der Waals surface area contributed by atoms with Crippen molar-refractivity contribution in [3.8, 4) is 0 Å². The van der Waals surface area contributed by atoms with Crippen LogP contribution in [-0.2, 0) is 4.79 Å². The highest BCUT2D eigenvalue weighted by molar-refractivity contribution is 8.03. The molecule has 1 aromatic rings. The quantitative estimate of drug-likeness (QED) is 0.433. The Morgan fingerprint density at radius 1 is 1.07 bits per heavy atom. The summed E-state index contributed by atoms with van der Waals surface area (Å²) < 4.78 is 0. The molecule has 0 heterocycles. The van der Waals surface area contributed by atoms with E-state index in [0.29, 0.717) is 0 Å². The van der Waals surface area contributed by atoms with Crippen LogP contribution >= 0.6 is 11.8 Å². The SMILES string of the molecule is C=C=C1C2=CC=C=CC=C2C(=O)C(C)=C1SCCCC.Cc1ccccc1. The normalized spacial score (nSPS) is 15.2. The van der Waals surface area contributed by atoms with Crippen molar-refractivity contribution in [3.63, 3.8) is 0 Å². The molecule has 0 amide bonds. The van der Waals surface area contributed by atoms with Crippen molar-refractivity contribution in [2.75, 3.05) is 5.75 Å². The van der Waals surface area contributed by atoms with Gasteiger partial charge in [-0.3, -0.25) is 4.79 Å². The van der Waals surface area contributed by atoms with Crippen LogP contribution in [0.25, 0.3) is 0 Å². The van der Waals surface area contributed by atoms with Gasteiger partial charge in [-0.1, -0.05) is 55.8 Å². The van der Waals surface area contributed by atoms with Gasteiger partial charge >= 0.3 is 0 Å². The molecule has 1 aromatic carbocycles. The number of thioether (sulfide) groups is 1. The van der Waals surface area contributed by atoms with Crippen LogP contribution in [0.15, 0.2) is 99.9 Å². The zero-order valence-corrected chi connectivity index (χ0v) is 17.2. The third-order valence-corrected chi connectivity index (χ3v) is 5.56. The van der Waals surface area contributed by atoms with Gasteiger partial charge in [-0.2, -0.15) is 0 Å². The molecule has 2 aliphatic carbocycles. The van der Waals surface area contributed by atoms with Crippen LogP contribution in [0.1, 0.15) is 32.3 Å². The number of hydrogen-bond acceptors (Lipinski definition) is 2. The van der Waals surface area contributed by atoms with E-state index in [1.165, 1.54) is 5.56 Å². The zero-order chi connectivity index (χ0) is 19.6. The molecule has 27 heavy (non-hydrogen) atoms. The molecule has 1 nitrogen and oxygen atoms in total. The fourth-order valence-electron chi connectivity index (χ4n) is 2.74. The Hall–Kier alpha value is -2.50. The highest BCUT2D eigenvalue weighted by atomic mass is 32.2. The van der Waals surface area contributed by atoms with Gasteiger partial charge in [-0.05, 0) is 50.3 Å². The molecule has 138 valence electrons. The van der Waals surface area contributed by atoms with Crippen LogP contribution < -0.4 is 0 Å². The summed E-state index contributed by atoms with van der Waals surface area (Å²) in [5, 5.41) is 0. The Kier molecular flexibility index (Phi) is 8.17. The lowest BCUT2D eigenvalue weighted by atomic mass is 9.85. The first-order chi connectivity index (χ1) is 13.1. The van der Waals surface area contributed by atoms with Crippen LogP contribution in [-0.4, -0.2) is 11.5 Å². The van der Waals surface area contributed by atoms with E-state index in [-0.39, 0.29) is 5.78 Å². The molecule has 0 unspecified atom stereocenters. The Labute approximate surface area is 167 Å². The number of Topliss-reactive ketones (excluding diaryl/α,β-unsaturated/α-hetero) is 1. The average Bonchev–Trinajstić information content (AvgIpc) is 2.93. The lowest BCUT2D eigenvalue weighted by Crippen LogP contribution is -2.16. The summed E-state index contributed by atoms with van der Waals surface area (Å²) in [6.07, 6.45) is 9.65. The molecular weight excluding hydrogens is 348 g/mol. The van der Waals surface area contributed by atoms with Gasteiger partial charge in [0.05, 0.1) is 0 Å². The van der Waals surface area contributed by atoms with Gasteiger partial charge in [0.25, 0.3) is 0 Å². The second-order valence-electron chi connectivity index (χ2n) is 6.35. The maximum Gasteiger partial charge on any atom is 0.190 e. The van der Waals surface area contributed by atoms with Gasteiger partial charge in [0.2, 0.25) is 0 Å². The number of benzene rings is 1. The van der Waals surface area contributed by atoms with Crippen molar-refractivity contribution in [1.82, 2.24) is 0 Å². The molecule has 0 radical (unpaired) electrons. The first-order valence-corrected chi connectivity index (χ1v) is 10.2. The maximum atomic E-state index is 12.5. The number of ketones is 1. The predicted molar refractivity (Wildman–Crippen MR) is 118 cm³/mol. The fraction of sp³-hybridized carbons (Fsp3) is 0.240. The lowest BCUT2D eigenvalue weighted by Gasteiger charge is -2.23. The van der Waals surface area contributed by atoms with Crippen LogP contribution in [0.2, 0.25) is 0 Å². The van der Waals surface area contributed by atoms with E-state index in [4.69, 9.17) is 0 Å². The van der Waals surface area contributed by atoms with Gasteiger partial charge in [-0.25, -0.2) is 0 Å². The number of aryl methyl sites for hydroxylation is 1. The molecular formula is C25H26OS. The minimum atomic E-state index is 0.0996. The van der Waals surface area contributed by atoms with Gasteiger partial charge in [0, 0.05) is 27.2 Å². The van der Waals surface area contributed by atoms with Crippen molar-refractivity contribution in [2.24, 2.45) is 0 Å². The molecule has 0 spiro atoms. The summed E-state index contributed by atoms with van der Waals surface area (Å²) in [5.74, 6) is 1.12. The lowest BCUT2D eigenvalue weighted by molar-refractivity contribution is -0.112. The molecule has 2 heteroatoms. The summed E-state index contributed by atoms with van der Waals surface area (Å²) in [6.45, 7) is 9.96. The highest BCUT2D eigenvalue weighted by Gasteiger charge is 2.29. The standard InChI is InChI=1S/C18H18OS.C7H8/c1-4-6-12-20-18-13(3)17(19)16-11-9-7-8-10-15(16)14(18)5-2;1-7-5-3-2-4-6-7/h8-11H,2,4,6,12H2,1,3H3;2-6H,1H3. The second kappa shape index (κ2) is 10.6. The van der Waals surface area contributed by atoms with Gasteiger partial charge in [0.1, 0.15) is 0 Å². The van der Waals surface area contributed by atoms with E-state index >= 15 is 0 Å². The van der Waals surface area contributed by atoms with Gasteiger partial charge < -0.3 is 0 Å². The van der Waals surface area contributed by atoms with Crippen molar-refractivity contribution >= 4 is 17.5 Å². The molecule has 0 atom stereocenters. The van der Waals surface area contributed by atoms with Crippen molar-refractivity contribution in [1.29, 1.82) is 0 Å². The van der Waals surface area contributed by atoms with Gasteiger partial charge in [-0.15, -0.1) is 23.2 Å². The number of fused-ring (bicyclic) bond motifs is 1. The van der Waals surface area contributed by atoms with Crippen LogP contribution in [0.5, 0.6) is 0 Å². The topological polar surface area (TPSA) is 17.1 Å². The summed E-state index contributed by atoms with van der Waals surface area (Å²) in [7, 11) is 0. The summed E-state index contributed by atoms with van der Waals surface area (Å²) in [4.78, 5) is 13.5. The van der Waals surface area contributed by atoms with E-state index in [1.54, 1.807) is 17.8 Å². The molecule has 0 aromatic heterocycles. The minimum absolute atomic E-state index is 0.0996. The third kappa shape index (κ3) is 5.49. The number of carbonyl (C=O) groups is 1. The average molecular weight is 375 g/mol. The smallest absolute Gasteiger partial charge is 0.190 e. The number of unbranched alkanes of at least 4 members (excludes halogenated alkanes) is 1. The summed E-state index contributed by atoms with van der Waals surface area (Å²) in [6, 6.07) is 10.3. The maximum absolute atomic E-state index is 12.5. The van der Waals surface area contributed by atoms with E-state index in [9.17, 15) is 4.79 Å². The first-order valence-electron chi connectivity index (χ1n) is 9.24. The van der Waals surface area contributed by atoms with Crippen molar-refractivity contribution in [2.45, 2.75) is 33.6 Å². The molecule has 0 saturated carbocycles. The molecule has 0 fully saturated rings. The summed E-state index contributed by atoms with van der Waals surface area (Å²) >= 11 is 1.74. The minimum Gasteiger partial charge on any atom is -0.289 e. The summed E-state index contributed by atoms with van der Waals surface area (Å²) in [5.41, 5.74) is 10.7. The Morgan fingerprint density at radius 3 is 2.30 bits per heavy atom. The zero-order valence-electron chi connectivity index (χ0n) is 16.3. The number of allylic oxidation sites excluding steroid dienone is 7. The molecule has 0 bridgehead atoms. The van der Waals surface area contributed by atoms with E-state index in [1.807, 2.05) is 43.4 Å². The van der Waals surface area contributed by atoms with Gasteiger partial charge in [0.15, 0.2) is 5.78 Å². The molecule has 0 aliphatic heterocycles. The van der Waals surface area contributed by atoms with E-state index in [0.717, 1.165) is 45.8 Å². The van der Waals surface area contributed by atoms with E-state index < -0.39 is 0 Å². The highest BCUT2D eigenvalue weighted by Crippen LogP contribution is 2.41.